The number of hydrogen-bond acceptors (Lipinski definition) is 3. The van der Waals surface area contributed by atoms with Crippen molar-refractivity contribution < 1.29 is 0 Å². The van der Waals surface area contributed by atoms with Gasteiger partial charge in [-0.25, -0.2) is 4.98 Å². The Morgan fingerprint density at radius 1 is 1.50 bits per heavy atom. The molecular formula is C13H13ClN4. The molecule has 0 fully saturated rings. The largest absolute Gasteiger partial charge is 0.367 e. The van der Waals surface area contributed by atoms with Gasteiger partial charge in [0.25, 0.3) is 0 Å². The molecule has 0 atom stereocenters. The van der Waals surface area contributed by atoms with Crippen LogP contribution in [0, 0.1) is 11.3 Å². The topological polar surface area (TPSA) is 44.9 Å². The molecule has 0 radical (unpaired) electrons. The number of hydrogen-bond donors (Lipinski definition) is 0. The lowest BCUT2D eigenvalue weighted by atomic mass is 10.2. The Morgan fingerprint density at radius 2 is 2.28 bits per heavy atom. The molecule has 1 heterocycles. The number of imidazole rings is 1. The van der Waals surface area contributed by atoms with E-state index in [9.17, 15) is 0 Å². The van der Waals surface area contributed by atoms with Gasteiger partial charge in [-0.3, -0.25) is 0 Å². The molecule has 4 nitrogen and oxygen atoms in total. The van der Waals surface area contributed by atoms with Crippen LogP contribution in [0.4, 0.5) is 5.69 Å². The number of rotatable bonds is 3. The van der Waals surface area contributed by atoms with Gasteiger partial charge in [0.2, 0.25) is 0 Å². The highest BCUT2D eigenvalue weighted by atomic mass is 35.5. The zero-order valence-electron chi connectivity index (χ0n) is 10.3. The number of nitrogens with zero attached hydrogens (tertiary/aromatic N) is 4. The second-order valence-electron chi connectivity index (χ2n) is 4.09. The van der Waals surface area contributed by atoms with Crippen LogP contribution < -0.4 is 4.90 Å². The van der Waals surface area contributed by atoms with Crippen molar-refractivity contribution in [1.29, 1.82) is 5.26 Å². The summed E-state index contributed by atoms with van der Waals surface area (Å²) in [6.45, 7) is 0.686. The van der Waals surface area contributed by atoms with Crippen molar-refractivity contribution in [2.45, 2.75) is 6.54 Å². The monoisotopic (exact) mass is 260 g/mol. The van der Waals surface area contributed by atoms with E-state index in [-0.39, 0.29) is 0 Å². The zero-order chi connectivity index (χ0) is 13.1. The minimum Gasteiger partial charge on any atom is -0.367 e. The average Bonchev–Trinajstić information content (AvgIpc) is 2.75. The SMILES string of the molecule is CN(Cc1nccn1C)c1ccc(C#N)c(Cl)c1. The van der Waals surface area contributed by atoms with Crippen molar-refractivity contribution in [3.05, 3.63) is 47.0 Å². The van der Waals surface area contributed by atoms with Crippen LogP contribution in [0.1, 0.15) is 11.4 Å². The number of benzene rings is 1. The lowest BCUT2D eigenvalue weighted by Crippen LogP contribution is -2.18. The summed E-state index contributed by atoms with van der Waals surface area (Å²) < 4.78 is 1.97. The number of aryl methyl sites for hydroxylation is 1. The van der Waals surface area contributed by atoms with Crippen molar-refractivity contribution in [2.75, 3.05) is 11.9 Å². The molecule has 0 aliphatic heterocycles. The Balaban J connectivity index is 2.19. The maximum atomic E-state index is 8.83. The van der Waals surface area contributed by atoms with E-state index in [1.807, 2.05) is 41.9 Å². The Morgan fingerprint density at radius 3 is 2.83 bits per heavy atom. The molecule has 18 heavy (non-hydrogen) atoms. The van der Waals surface area contributed by atoms with E-state index in [1.165, 1.54) is 0 Å². The molecular weight excluding hydrogens is 248 g/mol. The number of aromatic nitrogens is 2. The molecule has 2 aromatic rings. The third kappa shape index (κ3) is 2.47. The number of halogens is 1. The van der Waals surface area contributed by atoms with E-state index in [4.69, 9.17) is 16.9 Å². The van der Waals surface area contributed by atoms with Crippen molar-refractivity contribution in [3.63, 3.8) is 0 Å². The first-order valence-corrected chi connectivity index (χ1v) is 5.86. The summed E-state index contributed by atoms with van der Waals surface area (Å²) in [7, 11) is 3.92. The van der Waals surface area contributed by atoms with E-state index >= 15 is 0 Å². The number of anilines is 1. The van der Waals surface area contributed by atoms with Gasteiger partial charge in [-0.15, -0.1) is 0 Å². The lowest BCUT2D eigenvalue weighted by molar-refractivity contribution is 0.762. The summed E-state index contributed by atoms with van der Waals surface area (Å²) in [6, 6.07) is 7.45. The van der Waals surface area contributed by atoms with Gasteiger partial charge in [0, 0.05) is 32.2 Å². The molecule has 1 aromatic heterocycles. The predicted molar refractivity (Wildman–Crippen MR) is 71.5 cm³/mol. The standard InChI is InChI=1S/C13H13ClN4/c1-17-6-5-16-13(17)9-18(2)11-4-3-10(8-15)12(14)7-11/h3-7H,9H2,1-2H3. The van der Waals surface area contributed by atoms with Gasteiger partial charge in [-0.05, 0) is 18.2 Å². The fourth-order valence-electron chi connectivity index (χ4n) is 1.68. The van der Waals surface area contributed by atoms with Crippen LogP contribution in [0.3, 0.4) is 0 Å². The molecule has 0 aliphatic carbocycles. The van der Waals surface area contributed by atoms with Crippen molar-refractivity contribution in [2.24, 2.45) is 7.05 Å². The second-order valence-corrected chi connectivity index (χ2v) is 4.49. The van der Waals surface area contributed by atoms with E-state index < -0.39 is 0 Å². The molecule has 0 amide bonds. The fourth-order valence-corrected chi connectivity index (χ4v) is 1.90. The third-order valence-electron chi connectivity index (χ3n) is 2.81. The van der Waals surface area contributed by atoms with Gasteiger partial charge >= 0.3 is 0 Å². The molecule has 92 valence electrons. The normalized spacial score (nSPS) is 10.1. The lowest BCUT2D eigenvalue weighted by Gasteiger charge is -2.19. The van der Waals surface area contributed by atoms with Crippen LogP contribution in [0.15, 0.2) is 30.6 Å². The number of nitriles is 1. The van der Waals surface area contributed by atoms with E-state index in [0.29, 0.717) is 17.1 Å². The summed E-state index contributed by atoms with van der Waals surface area (Å²) >= 11 is 6.02. The minimum absolute atomic E-state index is 0.474. The van der Waals surface area contributed by atoms with Crippen molar-refractivity contribution >= 4 is 17.3 Å². The molecule has 0 bridgehead atoms. The molecule has 0 unspecified atom stereocenters. The molecule has 2 rings (SSSR count). The van der Waals surface area contributed by atoms with Gasteiger partial charge < -0.3 is 9.47 Å². The Kier molecular flexibility index (Phi) is 3.54. The Labute approximate surface area is 111 Å². The van der Waals surface area contributed by atoms with Crippen LogP contribution in [-0.2, 0) is 13.6 Å². The molecule has 5 heteroatoms. The summed E-state index contributed by atoms with van der Waals surface area (Å²) in [5.41, 5.74) is 1.45. The summed E-state index contributed by atoms with van der Waals surface area (Å²) in [5, 5.41) is 9.30. The maximum absolute atomic E-state index is 8.83. The highest BCUT2D eigenvalue weighted by Crippen LogP contribution is 2.23. The highest BCUT2D eigenvalue weighted by Gasteiger charge is 2.08. The van der Waals surface area contributed by atoms with E-state index in [0.717, 1.165) is 11.5 Å². The van der Waals surface area contributed by atoms with Gasteiger partial charge in [0.05, 0.1) is 17.1 Å². The average molecular weight is 261 g/mol. The third-order valence-corrected chi connectivity index (χ3v) is 3.13. The van der Waals surface area contributed by atoms with Crippen molar-refractivity contribution in [3.8, 4) is 6.07 Å². The van der Waals surface area contributed by atoms with Crippen LogP contribution in [0.5, 0.6) is 0 Å². The summed E-state index contributed by atoms with van der Waals surface area (Å²) in [5.74, 6) is 0.970. The molecule has 1 aromatic carbocycles. The molecule has 0 aliphatic rings. The minimum atomic E-state index is 0.474. The Bertz CT molecular complexity index is 597. The van der Waals surface area contributed by atoms with Crippen LogP contribution >= 0.6 is 11.6 Å². The first-order valence-electron chi connectivity index (χ1n) is 5.49. The molecule has 0 saturated heterocycles. The van der Waals surface area contributed by atoms with E-state index in [1.54, 1.807) is 18.3 Å². The molecule has 0 spiro atoms. The summed E-state index contributed by atoms with van der Waals surface area (Å²) in [4.78, 5) is 6.31. The van der Waals surface area contributed by atoms with Gasteiger partial charge in [0.15, 0.2) is 0 Å². The van der Waals surface area contributed by atoms with Gasteiger partial charge in [-0.2, -0.15) is 5.26 Å². The Hall–Kier alpha value is -1.99. The molecule has 0 saturated carbocycles. The first kappa shape index (κ1) is 12.5. The fraction of sp³-hybridized carbons (Fsp3) is 0.231. The summed E-state index contributed by atoms with van der Waals surface area (Å²) in [6.07, 6.45) is 3.68. The zero-order valence-corrected chi connectivity index (χ0v) is 11.0. The highest BCUT2D eigenvalue weighted by molar-refractivity contribution is 6.32. The van der Waals surface area contributed by atoms with E-state index in [2.05, 4.69) is 4.98 Å². The second kappa shape index (κ2) is 5.11. The first-order chi connectivity index (χ1) is 8.61. The maximum Gasteiger partial charge on any atom is 0.127 e. The molecule has 0 N–H and O–H groups in total. The van der Waals surface area contributed by atoms with Crippen LogP contribution in [-0.4, -0.2) is 16.6 Å². The predicted octanol–water partition coefficient (Wildman–Crippen LogP) is 2.58. The van der Waals surface area contributed by atoms with Crippen molar-refractivity contribution in [1.82, 2.24) is 9.55 Å². The quantitative estimate of drug-likeness (QED) is 0.852. The van der Waals surface area contributed by atoms with Gasteiger partial charge in [-0.1, -0.05) is 11.6 Å². The smallest absolute Gasteiger partial charge is 0.127 e. The van der Waals surface area contributed by atoms with Gasteiger partial charge in [0.1, 0.15) is 11.9 Å². The van der Waals surface area contributed by atoms with Crippen LogP contribution in [0.25, 0.3) is 0 Å². The van der Waals surface area contributed by atoms with Crippen LogP contribution in [0.2, 0.25) is 5.02 Å².